The summed E-state index contributed by atoms with van der Waals surface area (Å²) in [6.45, 7) is 1.66. The SMILES string of the molecule is CC[C@H](NC(=O)Nc1cc(Cl)ccc1Cl)C(=O)O. The normalized spacial score (nSPS) is 11.7. The summed E-state index contributed by atoms with van der Waals surface area (Å²) in [6.07, 6.45) is 0.284. The molecular weight excluding hydrogens is 279 g/mol. The van der Waals surface area contributed by atoms with Crippen LogP contribution < -0.4 is 10.6 Å². The molecule has 0 saturated carbocycles. The molecule has 0 bridgehead atoms. The van der Waals surface area contributed by atoms with E-state index in [0.717, 1.165) is 0 Å². The minimum Gasteiger partial charge on any atom is -0.480 e. The number of anilines is 1. The molecule has 0 aliphatic heterocycles. The van der Waals surface area contributed by atoms with Crippen LogP contribution in [-0.2, 0) is 4.79 Å². The van der Waals surface area contributed by atoms with E-state index < -0.39 is 18.0 Å². The predicted octanol–water partition coefficient (Wildman–Crippen LogP) is 2.98. The van der Waals surface area contributed by atoms with Crippen LogP contribution in [0, 0.1) is 0 Å². The summed E-state index contributed by atoms with van der Waals surface area (Å²) in [5.41, 5.74) is 0.321. The molecule has 0 fully saturated rings. The number of hydrogen-bond acceptors (Lipinski definition) is 2. The van der Waals surface area contributed by atoms with Crippen molar-refractivity contribution in [3.8, 4) is 0 Å². The molecule has 5 nitrogen and oxygen atoms in total. The Morgan fingerprint density at radius 3 is 2.61 bits per heavy atom. The van der Waals surface area contributed by atoms with E-state index in [0.29, 0.717) is 15.7 Å². The molecule has 0 aromatic heterocycles. The third-order valence-corrected chi connectivity index (χ3v) is 2.75. The van der Waals surface area contributed by atoms with Crippen LogP contribution in [0.5, 0.6) is 0 Å². The fourth-order valence-corrected chi connectivity index (χ4v) is 1.59. The van der Waals surface area contributed by atoms with Crippen LogP contribution in [-0.4, -0.2) is 23.1 Å². The number of carbonyl (C=O) groups excluding carboxylic acids is 1. The molecule has 0 aliphatic rings. The fourth-order valence-electron chi connectivity index (χ4n) is 1.25. The lowest BCUT2D eigenvalue weighted by atomic mass is 10.2. The van der Waals surface area contributed by atoms with E-state index in [1.54, 1.807) is 13.0 Å². The molecule has 1 aromatic rings. The summed E-state index contributed by atoms with van der Waals surface area (Å²) in [5, 5.41) is 14.3. The molecule has 1 aromatic carbocycles. The van der Waals surface area contributed by atoms with Crippen molar-refractivity contribution < 1.29 is 14.7 Å². The molecule has 2 amide bonds. The van der Waals surface area contributed by atoms with Crippen LogP contribution in [0.3, 0.4) is 0 Å². The Morgan fingerprint density at radius 2 is 2.06 bits per heavy atom. The maximum atomic E-state index is 11.6. The molecule has 7 heteroatoms. The molecule has 0 unspecified atom stereocenters. The number of halogens is 2. The van der Waals surface area contributed by atoms with Gasteiger partial charge in [-0.25, -0.2) is 9.59 Å². The van der Waals surface area contributed by atoms with Crippen LogP contribution in [0.15, 0.2) is 18.2 Å². The molecule has 0 spiro atoms. The predicted molar refractivity (Wildman–Crippen MR) is 70.3 cm³/mol. The second-order valence-corrected chi connectivity index (χ2v) is 4.37. The molecule has 0 saturated heterocycles. The van der Waals surface area contributed by atoms with Crippen molar-refractivity contribution in [2.24, 2.45) is 0 Å². The molecule has 1 atom stereocenters. The van der Waals surface area contributed by atoms with Crippen LogP contribution in [0.25, 0.3) is 0 Å². The first kappa shape index (κ1) is 14.6. The Hall–Kier alpha value is -1.46. The van der Waals surface area contributed by atoms with E-state index in [2.05, 4.69) is 10.6 Å². The second kappa shape index (κ2) is 6.47. The number of hydrogen-bond donors (Lipinski definition) is 3. The lowest BCUT2D eigenvalue weighted by Crippen LogP contribution is -2.42. The summed E-state index contributed by atoms with van der Waals surface area (Å²) in [4.78, 5) is 22.3. The Balaban J connectivity index is 2.70. The Morgan fingerprint density at radius 1 is 1.39 bits per heavy atom. The highest BCUT2D eigenvalue weighted by Crippen LogP contribution is 2.25. The van der Waals surface area contributed by atoms with Gasteiger partial charge in [0, 0.05) is 5.02 Å². The van der Waals surface area contributed by atoms with Gasteiger partial charge in [0.15, 0.2) is 0 Å². The molecule has 0 heterocycles. The van der Waals surface area contributed by atoms with Crippen molar-refractivity contribution in [2.45, 2.75) is 19.4 Å². The number of aliphatic carboxylic acids is 1. The number of carboxylic acid groups (broad SMARTS) is 1. The minimum absolute atomic E-state index is 0.284. The van der Waals surface area contributed by atoms with Gasteiger partial charge in [-0.15, -0.1) is 0 Å². The first-order chi connectivity index (χ1) is 8.43. The number of nitrogens with one attached hydrogen (secondary N) is 2. The van der Waals surface area contributed by atoms with Crippen molar-refractivity contribution in [1.29, 1.82) is 0 Å². The van der Waals surface area contributed by atoms with Crippen molar-refractivity contribution in [2.75, 3.05) is 5.32 Å². The van der Waals surface area contributed by atoms with E-state index in [1.807, 2.05) is 0 Å². The molecule has 18 heavy (non-hydrogen) atoms. The highest BCUT2D eigenvalue weighted by Gasteiger charge is 2.17. The lowest BCUT2D eigenvalue weighted by molar-refractivity contribution is -0.139. The van der Waals surface area contributed by atoms with E-state index in [-0.39, 0.29) is 6.42 Å². The molecule has 1 rings (SSSR count). The van der Waals surface area contributed by atoms with E-state index in [9.17, 15) is 9.59 Å². The quantitative estimate of drug-likeness (QED) is 0.798. The number of carbonyl (C=O) groups is 2. The average Bonchev–Trinajstić information content (AvgIpc) is 2.30. The maximum absolute atomic E-state index is 11.6. The lowest BCUT2D eigenvalue weighted by Gasteiger charge is -2.13. The van der Waals surface area contributed by atoms with Crippen LogP contribution in [0.2, 0.25) is 10.0 Å². The number of rotatable bonds is 4. The zero-order chi connectivity index (χ0) is 13.7. The van der Waals surface area contributed by atoms with Crippen LogP contribution in [0.1, 0.15) is 13.3 Å². The van der Waals surface area contributed by atoms with E-state index in [1.165, 1.54) is 12.1 Å². The van der Waals surface area contributed by atoms with Gasteiger partial charge in [0.1, 0.15) is 6.04 Å². The standard InChI is InChI=1S/C11H12Cl2N2O3/c1-2-8(10(16)17)14-11(18)15-9-5-6(12)3-4-7(9)13/h3-5,8H,2H2,1H3,(H,16,17)(H2,14,15,18)/t8-/m0/s1. The molecular formula is C11H12Cl2N2O3. The number of carboxylic acids is 1. The highest BCUT2D eigenvalue weighted by atomic mass is 35.5. The van der Waals surface area contributed by atoms with Crippen molar-refractivity contribution in [1.82, 2.24) is 5.32 Å². The van der Waals surface area contributed by atoms with Gasteiger partial charge >= 0.3 is 12.0 Å². The molecule has 0 aliphatic carbocycles. The van der Waals surface area contributed by atoms with Gasteiger partial charge in [0.2, 0.25) is 0 Å². The van der Waals surface area contributed by atoms with E-state index >= 15 is 0 Å². The smallest absolute Gasteiger partial charge is 0.326 e. The Labute approximate surface area is 114 Å². The van der Waals surface area contributed by atoms with Gasteiger partial charge in [-0.2, -0.15) is 0 Å². The summed E-state index contributed by atoms with van der Waals surface area (Å²) in [7, 11) is 0. The van der Waals surface area contributed by atoms with Crippen molar-refractivity contribution >= 4 is 40.9 Å². The summed E-state index contributed by atoms with van der Waals surface area (Å²) in [5.74, 6) is -1.09. The Kier molecular flexibility index (Phi) is 5.25. The summed E-state index contributed by atoms with van der Waals surface area (Å²) in [6, 6.07) is 3.01. The van der Waals surface area contributed by atoms with Gasteiger partial charge in [-0.3, -0.25) is 0 Å². The average molecular weight is 291 g/mol. The van der Waals surface area contributed by atoms with Crippen molar-refractivity contribution in [3.63, 3.8) is 0 Å². The fraction of sp³-hybridized carbons (Fsp3) is 0.273. The third-order valence-electron chi connectivity index (χ3n) is 2.19. The minimum atomic E-state index is -1.09. The van der Waals surface area contributed by atoms with Crippen LogP contribution in [0.4, 0.5) is 10.5 Å². The van der Waals surface area contributed by atoms with Crippen LogP contribution >= 0.6 is 23.2 Å². The number of urea groups is 1. The molecule has 3 N–H and O–H groups in total. The van der Waals surface area contributed by atoms with Crippen molar-refractivity contribution in [3.05, 3.63) is 28.2 Å². The van der Waals surface area contributed by atoms with Gasteiger partial charge in [-0.1, -0.05) is 30.1 Å². The van der Waals surface area contributed by atoms with Gasteiger partial charge in [0.05, 0.1) is 10.7 Å². The number of benzene rings is 1. The first-order valence-electron chi connectivity index (χ1n) is 5.19. The third kappa shape index (κ3) is 4.09. The number of amides is 2. The summed E-state index contributed by atoms with van der Waals surface area (Å²) < 4.78 is 0. The first-order valence-corrected chi connectivity index (χ1v) is 5.95. The largest absolute Gasteiger partial charge is 0.480 e. The molecule has 0 radical (unpaired) electrons. The topological polar surface area (TPSA) is 78.4 Å². The van der Waals surface area contributed by atoms with Gasteiger partial charge in [0.25, 0.3) is 0 Å². The van der Waals surface area contributed by atoms with Gasteiger partial charge < -0.3 is 15.7 Å². The zero-order valence-electron chi connectivity index (χ0n) is 9.54. The van der Waals surface area contributed by atoms with E-state index in [4.69, 9.17) is 28.3 Å². The van der Waals surface area contributed by atoms with Gasteiger partial charge in [-0.05, 0) is 24.6 Å². The molecule has 98 valence electrons. The monoisotopic (exact) mass is 290 g/mol. The Bertz CT molecular complexity index is 466. The maximum Gasteiger partial charge on any atom is 0.326 e. The zero-order valence-corrected chi connectivity index (χ0v) is 11.0. The summed E-state index contributed by atoms with van der Waals surface area (Å²) >= 11 is 11.6. The second-order valence-electron chi connectivity index (χ2n) is 3.52. The highest BCUT2D eigenvalue weighted by molar-refractivity contribution is 6.35.